The smallest absolute Gasteiger partial charge is 0.326 e. The van der Waals surface area contributed by atoms with Crippen molar-refractivity contribution in [3.05, 3.63) is 95.9 Å². The molecule has 9 heteroatoms. The highest BCUT2D eigenvalue weighted by molar-refractivity contribution is 7.99. The molecule has 41 heavy (non-hydrogen) atoms. The van der Waals surface area contributed by atoms with Gasteiger partial charge in [0, 0.05) is 12.3 Å². The summed E-state index contributed by atoms with van der Waals surface area (Å²) in [6, 6.07) is 21.6. The quantitative estimate of drug-likeness (QED) is 0.320. The molecule has 3 unspecified atom stereocenters. The minimum Gasteiger partial charge on any atom is -0.468 e. The first-order valence-corrected chi connectivity index (χ1v) is 14.9. The zero-order valence-electron chi connectivity index (χ0n) is 23.8. The lowest BCUT2D eigenvalue weighted by Crippen LogP contribution is -2.54. The first-order chi connectivity index (χ1) is 19.7. The van der Waals surface area contributed by atoms with E-state index < -0.39 is 29.6 Å². The Kier molecular flexibility index (Phi) is 10.7. The van der Waals surface area contributed by atoms with Crippen LogP contribution in [0.15, 0.2) is 83.5 Å². The molecule has 1 aliphatic rings. The molecule has 3 atom stereocenters. The molecule has 8 nitrogen and oxygen atoms in total. The summed E-state index contributed by atoms with van der Waals surface area (Å²) in [6.45, 7) is 5.60. The van der Waals surface area contributed by atoms with Crippen LogP contribution in [0.5, 0.6) is 0 Å². The Hall–Kier alpha value is -3.56. The number of hydrogen-bond donors (Lipinski definition) is 1. The lowest BCUT2D eigenvalue weighted by atomic mass is 10.0. The fourth-order valence-corrected chi connectivity index (χ4v) is 5.83. The molecule has 218 valence electrons. The van der Waals surface area contributed by atoms with Crippen LogP contribution in [0.2, 0.25) is 0 Å². The maximum absolute atomic E-state index is 13.8. The van der Waals surface area contributed by atoms with Crippen molar-refractivity contribution in [2.75, 3.05) is 18.8 Å². The lowest BCUT2D eigenvalue weighted by Gasteiger charge is -2.28. The number of furan rings is 1. The fourth-order valence-electron chi connectivity index (χ4n) is 4.58. The van der Waals surface area contributed by atoms with Gasteiger partial charge in [-0.05, 0) is 56.9 Å². The molecule has 1 N–H and O–H groups in total. The van der Waals surface area contributed by atoms with E-state index in [-0.39, 0.29) is 30.9 Å². The third-order valence-electron chi connectivity index (χ3n) is 6.54. The number of amides is 1. The second-order valence-electron chi connectivity index (χ2n) is 11.0. The van der Waals surface area contributed by atoms with Gasteiger partial charge in [0.25, 0.3) is 0 Å². The van der Waals surface area contributed by atoms with Crippen molar-refractivity contribution in [3.63, 3.8) is 0 Å². The van der Waals surface area contributed by atoms with Gasteiger partial charge in [0.15, 0.2) is 0 Å². The summed E-state index contributed by atoms with van der Waals surface area (Å²) in [5.41, 5.74) is 1.29. The number of nitrogens with zero attached hydrogens (tertiary/aromatic N) is 1. The van der Waals surface area contributed by atoms with Gasteiger partial charge in [-0.25, -0.2) is 0 Å². The highest BCUT2D eigenvalue weighted by atomic mass is 32.2. The molecule has 1 saturated heterocycles. The van der Waals surface area contributed by atoms with Crippen LogP contribution in [-0.4, -0.2) is 59.3 Å². The van der Waals surface area contributed by atoms with Crippen molar-refractivity contribution in [2.24, 2.45) is 0 Å². The van der Waals surface area contributed by atoms with Gasteiger partial charge in [0.2, 0.25) is 5.91 Å². The highest BCUT2D eigenvalue weighted by Gasteiger charge is 2.37. The van der Waals surface area contributed by atoms with E-state index in [1.165, 1.54) is 4.90 Å². The van der Waals surface area contributed by atoms with Crippen LogP contribution in [0.1, 0.15) is 49.3 Å². The van der Waals surface area contributed by atoms with Crippen LogP contribution >= 0.6 is 11.8 Å². The minimum atomic E-state index is -0.725. The van der Waals surface area contributed by atoms with Gasteiger partial charge >= 0.3 is 11.9 Å². The molecule has 0 bridgehead atoms. The van der Waals surface area contributed by atoms with Crippen molar-refractivity contribution in [1.82, 2.24) is 10.2 Å². The molecule has 0 aliphatic carbocycles. The van der Waals surface area contributed by atoms with Crippen molar-refractivity contribution < 1.29 is 28.3 Å². The standard InChI is InChI=1S/C32H38N2O6S/c1-32(2,3)40-29(35)20-34-19-28(27-15-10-18-38-27)41-22-26(30(34)36)33-25(17-16-23-11-6-4-7-12-23)31(37)39-21-24-13-8-5-9-14-24/h4-15,18,25-26,28,33H,16-17,19-22H2,1-3H3. The Morgan fingerprint density at radius 1 is 1.02 bits per heavy atom. The molecule has 4 rings (SSSR count). The second-order valence-corrected chi connectivity index (χ2v) is 12.3. The molecule has 3 aromatic rings. The van der Waals surface area contributed by atoms with Gasteiger partial charge in [-0.2, -0.15) is 0 Å². The SMILES string of the molecule is CC(C)(C)OC(=O)CN1CC(c2ccco2)SCC(NC(CCc2ccccc2)C(=O)OCc2ccccc2)C1=O. The van der Waals surface area contributed by atoms with Crippen LogP contribution in [0.3, 0.4) is 0 Å². The van der Waals surface area contributed by atoms with Crippen LogP contribution in [0, 0.1) is 0 Å². The van der Waals surface area contributed by atoms with Gasteiger partial charge in [-0.1, -0.05) is 60.7 Å². The zero-order valence-corrected chi connectivity index (χ0v) is 24.6. The van der Waals surface area contributed by atoms with Crippen LogP contribution < -0.4 is 5.32 Å². The minimum absolute atomic E-state index is 0.141. The summed E-state index contributed by atoms with van der Waals surface area (Å²) in [4.78, 5) is 41.5. The van der Waals surface area contributed by atoms with E-state index in [0.717, 1.165) is 16.9 Å². The van der Waals surface area contributed by atoms with Crippen LogP contribution in [0.4, 0.5) is 0 Å². The Bertz CT molecular complexity index is 1260. The predicted octanol–water partition coefficient (Wildman–Crippen LogP) is 4.94. The Morgan fingerprint density at radius 3 is 2.34 bits per heavy atom. The molecular weight excluding hydrogens is 540 g/mol. The average Bonchev–Trinajstić information content (AvgIpc) is 3.44. The Balaban J connectivity index is 1.51. The summed E-state index contributed by atoms with van der Waals surface area (Å²) in [5.74, 6) is -0.0627. The van der Waals surface area contributed by atoms with Gasteiger partial charge in [0.05, 0.1) is 17.6 Å². The van der Waals surface area contributed by atoms with E-state index in [2.05, 4.69) is 5.32 Å². The molecular formula is C32H38N2O6S. The van der Waals surface area contributed by atoms with E-state index in [4.69, 9.17) is 13.9 Å². The van der Waals surface area contributed by atoms with Crippen molar-refractivity contribution in [3.8, 4) is 0 Å². The summed E-state index contributed by atoms with van der Waals surface area (Å²) in [5, 5.41) is 3.13. The molecule has 0 saturated carbocycles. The second kappa shape index (κ2) is 14.4. The van der Waals surface area contributed by atoms with Crippen molar-refractivity contribution >= 4 is 29.6 Å². The molecule has 0 spiro atoms. The Morgan fingerprint density at radius 2 is 1.71 bits per heavy atom. The number of aryl methyl sites for hydroxylation is 1. The zero-order chi connectivity index (χ0) is 29.2. The van der Waals surface area contributed by atoms with Crippen molar-refractivity contribution in [2.45, 2.75) is 63.2 Å². The van der Waals surface area contributed by atoms with E-state index in [1.807, 2.05) is 66.7 Å². The maximum atomic E-state index is 13.8. The predicted molar refractivity (Wildman–Crippen MR) is 158 cm³/mol. The van der Waals surface area contributed by atoms with Crippen molar-refractivity contribution in [1.29, 1.82) is 0 Å². The summed E-state index contributed by atoms with van der Waals surface area (Å²) in [7, 11) is 0. The van der Waals surface area contributed by atoms with Gasteiger partial charge < -0.3 is 18.8 Å². The summed E-state index contributed by atoms with van der Waals surface area (Å²) < 4.78 is 16.8. The number of carbonyl (C=O) groups excluding carboxylic acids is 3. The number of hydrogen-bond acceptors (Lipinski definition) is 8. The monoisotopic (exact) mass is 578 g/mol. The normalized spacial score (nSPS) is 18.4. The average molecular weight is 579 g/mol. The maximum Gasteiger partial charge on any atom is 0.326 e. The number of ether oxygens (including phenoxy) is 2. The molecule has 2 heterocycles. The number of carbonyl (C=O) groups is 3. The molecule has 0 radical (unpaired) electrons. The summed E-state index contributed by atoms with van der Waals surface area (Å²) in [6.07, 6.45) is 2.67. The molecule has 1 amide bonds. The fraction of sp³-hybridized carbons (Fsp3) is 0.406. The van der Waals surface area contributed by atoms with E-state index in [9.17, 15) is 14.4 Å². The lowest BCUT2D eigenvalue weighted by molar-refractivity contribution is -0.159. The van der Waals surface area contributed by atoms with E-state index in [0.29, 0.717) is 18.6 Å². The summed E-state index contributed by atoms with van der Waals surface area (Å²) >= 11 is 1.55. The van der Waals surface area contributed by atoms with Gasteiger partial charge in [0.1, 0.15) is 30.6 Å². The Labute approximate surface area is 245 Å². The number of nitrogens with one attached hydrogen (secondary N) is 1. The first kappa shape index (κ1) is 30.4. The van der Waals surface area contributed by atoms with Gasteiger partial charge in [-0.3, -0.25) is 19.7 Å². The number of rotatable bonds is 11. The highest BCUT2D eigenvalue weighted by Crippen LogP contribution is 2.33. The molecule has 2 aromatic carbocycles. The number of benzene rings is 2. The third-order valence-corrected chi connectivity index (χ3v) is 7.85. The van der Waals surface area contributed by atoms with Crippen LogP contribution in [-0.2, 0) is 36.9 Å². The molecule has 1 aromatic heterocycles. The van der Waals surface area contributed by atoms with Crippen LogP contribution in [0.25, 0.3) is 0 Å². The largest absolute Gasteiger partial charge is 0.468 e. The number of esters is 2. The first-order valence-electron chi connectivity index (χ1n) is 13.8. The molecule has 1 aliphatic heterocycles. The molecule has 1 fully saturated rings. The van der Waals surface area contributed by atoms with E-state index >= 15 is 0 Å². The van der Waals surface area contributed by atoms with Gasteiger partial charge in [-0.15, -0.1) is 11.8 Å². The topological polar surface area (TPSA) is 98.1 Å². The van der Waals surface area contributed by atoms with E-state index in [1.54, 1.807) is 44.9 Å². The number of thioether (sulfide) groups is 1. The third kappa shape index (κ3) is 9.50.